The van der Waals surface area contributed by atoms with Crippen molar-refractivity contribution in [2.75, 3.05) is 0 Å². The number of hydrogen-bond acceptors (Lipinski definition) is 2. The van der Waals surface area contributed by atoms with Crippen LogP contribution < -0.4 is 5.73 Å². The van der Waals surface area contributed by atoms with E-state index in [1.165, 1.54) is 5.56 Å². The van der Waals surface area contributed by atoms with E-state index in [2.05, 4.69) is 10.2 Å². The van der Waals surface area contributed by atoms with Gasteiger partial charge in [0.25, 0.3) is 0 Å². The standard InChI is InChI=1S/C15H13N3O/c1-9-2-4-10(5-3-9)14-12-8-11(15(16)19)6-7-13(12)17-18-14/h2-8H,1H3,(H2,16,19)(H,17,18). The van der Waals surface area contributed by atoms with Gasteiger partial charge in [-0.15, -0.1) is 0 Å². The highest BCUT2D eigenvalue weighted by molar-refractivity contribution is 6.00. The number of benzene rings is 2. The van der Waals surface area contributed by atoms with Gasteiger partial charge in [0, 0.05) is 16.5 Å². The third kappa shape index (κ3) is 1.97. The van der Waals surface area contributed by atoms with Gasteiger partial charge in [-0.05, 0) is 25.1 Å². The minimum atomic E-state index is -0.432. The molecule has 4 heteroatoms. The summed E-state index contributed by atoms with van der Waals surface area (Å²) < 4.78 is 0. The Labute approximate surface area is 110 Å². The van der Waals surface area contributed by atoms with Crippen LogP contribution in [0.3, 0.4) is 0 Å². The quantitative estimate of drug-likeness (QED) is 0.735. The van der Waals surface area contributed by atoms with Gasteiger partial charge >= 0.3 is 0 Å². The first kappa shape index (κ1) is 11.5. The molecule has 3 rings (SSSR count). The topological polar surface area (TPSA) is 71.8 Å². The average Bonchev–Trinajstić information content (AvgIpc) is 2.82. The van der Waals surface area contributed by atoms with Crippen molar-refractivity contribution in [2.45, 2.75) is 6.92 Å². The Bertz CT molecular complexity index is 757. The van der Waals surface area contributed by atoms with Crippen molar-refractivity contribution in [2.24, 2.45) is 5.73 Å². The summed E-state index contributed by atoms with van der Waals surface area (Å²) >= 11 is 0. The SMILES string of the molecule is Cc1ccc(-c2n[nH]c3ccc(C(N)=O)cc23)cc1. The fourth-order valence-corrected chi connectivity index (χ4v) is 2.10. The van der Waals surface area contributed by atoms with Gasteiger partial charge in [0.15, 0.2) is 0 Å². The van der Waals surface area contributed by atoms with E-state index in [9.17, 15) is 4.79 Å². The van der Waals surface area contributed by atoms with Crippen LogP contribution >= 0.6 is 0 Å². The molecule has 0 aliphatic carbocycles. The molecule has 0 saturated heterocycles. The Balaban J connectivity index is 2.21. The van der Waals surface area contributed by atoms with E-state index in [0.29, 0.717) is 5.56 Å². The van der Waals surface area contributed by atoms with Gasteiger partial charge in [0.05, 0.1) is 11.2 Å². The lowest BCUT2D eigenvalue weighted by atomic mass is 10.0. The molecule has 1 heterocycles. The summed E-state index contributed by atoms with van der Waals surface area (Å²) in [7, 11) is 0. The van der Waals surface area contributed by atoms with Gasteiger partial charge in [-0.1, -0.05) is 29.8 Å². The third-order valence-corrected chi connectivity index (χ3v) is 3.17. The van der Waals surface area contributed by atoms with Crippen LogP contribution in [0.5, 0.6) is 0 Å². The molecule has 0 aliphatic rings. The number of carbonyl (C=O) groups is 1. The summed E-state index contributed by atoms with van der Waals surface area (Å²) in [5.74, 6) is -0.432. The Kier molecular flexibility index (Phi) is 2.56. The molecule has 0 bridgehead atoms. The minimum absolute atomic E-state index is 0.432. The number of aryl methyl sites for hydroxylation is 1. The maximum absolute atomic E-state index is 11.3. The van der Waals surface area contributed by atoms with E-state index in [1.807, 2.05) is 37.3 Å². The summed E-state index contributed by atoms with van der Waals surface area (Å²) in [6.07, 6.45) is 0. The number of nitrogens with two attached hydrogens (primary N) is 1. The molecule has 0 spiro atoms. The van der Waals surface area contributed by atoms with Crippen LogP contribution in [0.4, 0.5) is 0 Å². The molecular weight excluding hydrogens is 238 g/mol. The molecule has 0 atom stereocenters. The lowest BCUT2D eigenvalue weighted by molar-refractivity contribution is 0.100. The Morgan fingerprint density at radius 1 is 1.16 bits per heavy atom. The van der Waals surface area contributed by atoms with Crippen LogP contribution in [0, 0.1) is 6.92 Å². The molecule has 19 heavy (non-hydrogen) atoms. The summed E-state index contributed by atoms with van der Waals surface area (Å²) in [6, 6.07) is 13.4. The van der Waals surface area contributed by atoms with Gasteiger partial charge in [-0.3, -0.25) is 9.89 Å². The molecule has 0 unspecified atom stereocenters. The number of rotatable bonds is 2. The molecule has 1 amide bonds. The number of fused-ring (bicyclic) bond motifs is 1. The number of aromatic nitrogens is 2. The average molecular weight is 251 g/mol. The lowest BCUT2D eigenvalue weighted by Crippen LogP contribution is -2.10. The maximum Gasteiger partial charge on any atom is 0.248 e. The molecule has 0 saturated carbocycles. The number of primary amides is 1. The van der Waals surface area contributed by atoms with E-state index in [-0.39, 0.29) is 0 Å². The smallest absolute Gasteiger partial charge is 0.248 e. The number of nitrogens with one attached hydrogen (secondary N) is 1. The van der Waals surface area contributed by atoms with Crippen molar-refractivity contribution in [3.8, 4) is 11.3 Å². The summed E-state index contributed by atoms with van der Waals surface area (Å²) in [4.78, 5) is 11.3. The summed E-state index contributed by atoms with van der Waals surface area (Å²) in [5.41, 5.74) is 9.73. The minimum Gasteiger partial charge on any atom is -0.366 e. The predicted molar refractivity (Wildman–Crippen MR) is 74.8 cm³/mol. The van der Waals surface area contributed by atoms with Gasteiger partial charge < -0.3 is 5.73 Å². The number of amides is 1. The molecule has 4 nitrogen and oxygen atoms in total. The first-order chi connectivity index (χ1) is 9.15. The summed E-state index contributed by atoms with van der Waals surface area (Å²) in [5, 5.41) is 8.19. The second-order valence-electron chi connectivity index (χ2n) is 4.56. The highest BCUT2D eigenvalue weighted by atomic mass is 16.1. The predicted octanol–water partition coefficient (Wildman–Crippen LogP) is 2.64. The van der Waals surface area contributed by atoms with E-state index in [1.54, 1.807) is 12.1 Å². The van der Waals surface area contributed by atoms with Gasteiger partial charge in [0.2, 0.25) is 5.91 Å². The molecule has 2 aromatic carbocycles. The second-order valence-corrected chi connectivity index (χ2v) is 4.56. The van der Waals surface area contributed by atoms with Gasteiger partial charge in [-0.2, -0.15) is 5.10 Å². The molecule has 3 aromatic rings. The highest BCUT2D eigenvalue weighted by Crippen LogP contribution is 2.27. The van der Waals surface area contributed by atoms with E-state index < -0.39 is 5.91 Å². The molecule has 3 N–H and O–H groups in total. The highest BCUT2D eigenvalue weighted by Gasteiger charge is 2.10. The zero-order valence-electron chi connectivity index (χ0n) is 10.5. The Hall–Kier alpha value is -2.62. The normalized spacial score (nSPS) is 10.8. The zero-order valence-corrected chi connectivity index (χ0v) is 10.5. The fraction of sp³-hybridized carbons (Fsp3) is 0.0667. The first-order valence-corrected chi connectivity index (χ1v) is 6.00. The van der Waals surface area contributed by atoms with Crippen molar-refractivity contribution < 1.29 is 4.79 Å². The number of hydrogen-bond donors (Lipinski definition) is 2. The van der Waals surface area contributed by atoms with Crippen molar-refractivity contribution in [3.63, 3.8) is 0 Å². The molecular formula is C15H13N3O. The van der Waals surface area contributed by atoms with Gasteiger partial charge in [-0.25, -0.2) is 0 Å². The van der Waals surface area contributed by atoms with E-state index >= 15 is 0 Å². The fourth-order valence-electron chi connectivity index (χ4n) is 2.10. The lowest BCUT2D eigenvalue weighted by Gasteiger charge is -2.00. The Morgan fingerprint density at radius 3 is 2.58 bits per heavy atom. The number of aromatic amines is 1. The molecule has 1 aromatic heterocycles. The van der Waals surface area contributed by atoms with Crippen LogP contribution in [-0.2, 0) is 0 Å². The number of nitrogens with zero attached hydrogens (tertiary/aromatic N) is 1. The van der Waals surface area contributed by atoms with Crippen LogP contribution in [0.2, 0.25) is 0 Å². The van der Waals surface area contributed by atoms with Crippen molar-refractivity contribution in [1.82, 2.24) is 10.2 Å². The van der Waals surface area contributed by atoms with Crippen molar-refractivity contribution in [1.29, 1.82) is 0 Å². The van der Waals surface area contributed by atoms with Crippen LogP contribution in [0.25, 0.3) is 22.2 Å². The zero-order chi connectivity index (χ0) is 13.4. The van der Waals surface area contributed by atoms with Crippen LogP contribution in [0.1, 0.15) is 15.9 Å². The molecule has 0 radical (unpaired) electrons. The molecule has 0 fully saturated rings. The monoisotopic (exact) mass is 251 g/mol. The van der Waals surface area contributed by atoms with E-state index in [0.717, 1.165) is 22.2 Å². The molecule has 0 aliphatic heterocycles. The maximum atomic E-state index is 11.3. The van der Waals surface area contributed by atoms with Crippen LogP contribution in [-0.4, -0.2) is 16.1 Å². The number of carbonyl (C=O) groups excluding carboxylic acids is 1. The third-order valence-electron chi connectivity index (χ3n) is 3.17. The second kappa shape index (κ2) is 4.24. The Morgan fingerprint density at radius 2 is 1.89 bits per heavy atom. The largest absolute Gasteiger partial charge is 0.366 e. The first-order valence-electron chi connectivity index (χ1n) is 6.00. The van der Waals surface area contributed by atoms with Crippen molar-refractivity contribution >= 4 is 16.8 Å². The van der Waals surface area contributed by atoms with Gasteiger partial charge in [0.1, 0.15) is 0 Å². The van der Waals surface area contributed by atoms with Crippen molar-refractivity contribution in [3.05, 3.63) is 53.6 Å². The molecule has 94 valence electrons. The van der Waals surface area contributed by atoms with E-state index in [4.69, 9.17) is 5.73 Å². The summed E-state index contributed by atoms with van der Waals surface area (Å²) in [6.45, 7) is 2.04. The van der Waals surface area contributed by atoms with Crippen LogP contribution in [0.15, 0.2) is 42.5 Å². The number of H-pyrrole nitrogens is 1.